The van der Waals surface area contributed by atoms with E-state index in [1.165, 1.54) is 10.4 Å². The predicted octanol–water partition coefficient (Wildman–Crippen LogP) is 5.63. The van der Waals surface area contributed by atoms with Gasteiger partial charge in [-0.1, -0.05) is 41.9 Å². The quantitative estimate of drug-likeness (QED) is 0.335. The van der Waals surface area contributed by atoms with Crippen LogP contribution < -0.4 is 4.74 Å². The molecule has 3 aromatic carbocycles. The zero-order valence-electron chi connectivity index (χ0n) is 20.7. The minimum absolute atomic E-state index is 0.150. The Balaban J connectivity index is 1.45. The zero-order valence-corrected chi connectivity index (χ0v) is 22.3. The number of hydrogen-bond acceptors (Lipinski definition) is 5. The number of alkyl halides is 3. The molecule has 1 heterocycles. The van der Waals surface area contributed by atoms with Gasteiger partial charge in [0.1, 0.15) is 5.75 Å². The summed E-state index contributed by atoms with van der Waals surface area (Å²) in [4.78, 5) is 1.72. The summed E-state index contributed by atoms with van der Waals surface area (Å²) in [7, 11) is -2.47. The van der Waals surface area contributed by atoms with Gasteiger partial charge in [-0.3, -0.25) is 4.90 Å². The van der Waals surface area contributed by atoms with E-state index in [4.69, 9.17) is 21.1 Å². The number of ether oxygens (including phenoxy) is 2. The molecule has 1 aliphatic heterocycles. The van der Waals surface area contributed by atoms with Crippen molar-refractivity contribution in [1.29, 1.82) is 0 Å². The largest absolute Gasteiger partial charge is 0.497 e. The van der Waals surface area contributed by atoms with E-state index >= 15 is 0 Å². The highest BCUT2D eigenvalue weighted by Crippen LogP contribution is 2.31. The lowest BCUT2D eigenvalue weighted by molar-refractivity contribution is -0.137. The van der Waals surface area contributed by atoms with E-state index < -0.39 is 21.8 Å². The third kappa shape index (κ3) is 7.06. The smallest absolute Gasteiger partial charge is 0.416 e. The second kappa shape index (κ2) is 12.0. The Morgan fingerprint density at radius 1 is 0.947 bits per heavy atom. The molecule has 0 aromatic heterocycles. The fraction of sp³-hybridized carbons (Fsp3) is 0.333. The van der Waals surface area contributed by atoms with E-state index in [-0.39, 0.29) is 24.1 Å². The Kier molecular flexibility index (Phi) is 9.00. The number of sulfonamides is 1. The van der Waals surface area contributed by atoms with E-state index in [1.807, 2.05) is 42.5 Å². The number of rotatable bonds is 9. The van der Waals surface area contributed by atoms with Crippen LogP contribution in [0.15, 0.2) is 77.7 Å². The van der Waals surface area contributed by atoms with Crippen molar-refractivity contribution in [2.75, 3.05) is 39.8 Å². The van der Waals surface area contributed by atoms with E-state index in [1.54, 1.807) is 13.2 Å². The van der Waals surface area contributed by atoms with Gasteiger partial charge in [0.25, 0.3) is 0 Å². The summed E-state index contributed by atoms with van der Waals surface area (Å²) in [6.45, 7) is 1.92. The molecule has 0 bridgehead atoms. The van der Waals surface area contributed by atoms with Crippen molar-refractivity contribution in [1.82, 2.24) is 9.21 Å². The number of piperazine rings is 1. The van der Waals surface area contributed by atoms with Crippen LogP contribution in [0.4, 0.5) is 13.2 Å². The van der Waals surface area contributed by atoms with Gasteiger partial charge in [-0.05, 0) is 53.6 Å². The average molecular weight is 569 g/mol. The first-order valence-electron chi connectivity index (χ1n) is 12.0. The van der Waals surface area contributed by atoms with E-state index in [0.717, 1.165) is 23.3 Å². The summed E-state index contributed by atoms with van der Waals surface area (Å²) in [6.07, 6.45) is -4.96. The average Bonchev–Trinajstić information content (AvgIpc) is 2.91. The summed E-state index contributed by atoms with van der Waals surface area (Å²) in [5.74, 6) is 0.691. The highest BCUT2D eigenvalue weighted by atomic mass is 35.5. The van der Waals surface area contributed by atoms with Gasteiger partial charge in [0.05, 0.1) is 30.3 Å². The SMILES string of the molecule is COc1cccc(C(CN2CCN(S(=O)(=O)c3cccc(C(F)(F)F)c3)CC2)OCc2cccc(Cl)c2)c1. The number of methoxy groups -OCH3 is 1. The summed E-state index contributed by atoms with van der Waals surface area (Å²) in [5, 5.41) is 0.613. The molecule has 4 rings (SSSR count). The fourth-order valence-electron chi connectivity index (χ4n) is 4.29. The van der Waals surface area contributed by atoms with Gasteiger partial charge in [0.15, 0.2) is 0 Å². The van der Waals surface area contributed by atoms with Crippen molar-refractivity contribution in [2.45, 2.75) is 23.8 Å². The van der Waals surface area contributed by atoms with Crippen LogP contribution in [0.3, 0.4) is 0 Å². The van der Waals surface area contributed by atoms with Crippen molar-refractivity contribution in [3.8, 4) is 5.75 Å². The van der Waals surface area contributed by atoms with Crippen molar-refractivity contribution < 1.29 is 31.1 Å². The monoisotopic (exact) mass is 568 g/mol. The molecule has 1 saturated heterocycles. The Bertz CT molecular complexity index is 1350. The van der Waals surface area contributed by atoms with Gasteiger partial charge in [-0.25, -0.2) is 8.42 Å². The second-order valence-electron chi connectivity index (χ2n) is 8.94. The van der Waals surface area contributed by atoms with Crippen LogP contribution >= 0.6 is 11.6 Å². The number of benzene rings is 3. The van der Waals surface area contributed by atoms with Crippen molar-refractivity contribution >= 4 is 21.6 Å². The summed E-state index contributed by atoms with van der Waals surface area (Å²) in [5.41, 5.74) is 0.836. The number of hydrogen-bond donors (Lipinski definition) is 0. The molecular weight excluding hydrogens is 541 g/mol. The van der Waals surface area contributed by atoms with Crippen molar-refractivity contribution in [3.63, 3.8) is 0 Å². The van der Waals surface area contributed by atoms with Gasteiger partial charge in [-0.2, -0.15) is 17.5 Å². The van der Waals surface area contributed by atoms with Gasteiger partial charge in [-0.15, -0.1) is 0 Å². The topological polar surface area (TPSA) is 59.1 Å². The first-order chi connectivity index (χ1) is 18.1. The molecule has 1 aliphatic rings. The van der Waals surface area contributed by atoms with Crippen LogP contribution in [0.5, 0.6) is 5.75 Å². The third-order valence-corrected chi connectivity index (χ3v) is 8.49. The lowest BCUT2D eigenvalue weighted by Gasteiger charge is -2.36. The van der Waals surface area contributed by atoms with E-state index in [0.29, 0.717) is 43.1 Å². The van der Waals surface area contributed by atoms with Crippen LogP contribution in [0.25, 0.3) is 0 Å². The lowest BCUT2D eigenvalue weighted by Crippen LogP contribution is -2.49. The van der Waals surface area contributed by atoms with Crippen LogP contribution in [0.2, 0.25) is 5.02 Å². The first-order valence-corrected chi connectivity index (χ1v) is 13.8. The molecule has 6 nitrogen and oxygen atoms in total. The minimum atomic E-state index is -4.62. The number of nitrogens with zero attached hydrogens (tertiary/aromatic N) is 2. The molecule has 0 aliphatic carbocycles. The third-order valence-electron chi connectivity index (χ3n) is 6.36. The minimum Gasteiger partial charge on any atom is -0.497 e. The number of halogens is 4. The molecule has 0 amide bonds. The van der Waals surface area contributed by atoms with Crippen LogP contribution in [-0.2, 0) is 27.5 Å². The second-order valence-corrected chi connectivity index (χ2v) is 11.3. The fourth-order valence-corrected chi connectivity index (χ4v) is 5.97. The molecule has 1 unspecified atom stereocenters. The molecule has 3 aromatic rings. The van der Waals surface area contributed by atoms with Gasteiger partial charge in [0, 0.05) is 37.7 Å². The van der Waals surface area contributed by atoms with Crippen LogP contribution in [0, 0.1) is 0 Å². The molecule has 1 atom stereocenters. The molecule has 38 heavy (non-hydrogen) atoms. The normalized spacial score (nSPS) is 16.3. The molecule has 1 fully saturated rings. The maximum Gasteiger partial charge on any atom is 0.416 e. The molecular formula is C27H28ClF3N2O4S. The lowest BCUT2D eigenvalue weighted by atomic mass is 10.1. The zero-order chi connectivity index (χ0) is 27.3. The molecule has 0 N–H and O–H groups in total. The maximum absolute atomic E-state index is 13.1. The Hall–Kier alpha value is -2.63. The molecule has 0 spiro atoms. The van der Waals surface area contributed by atoms with Crippen molar-refractivity contribution in [2.24, 2.45) is 0 Å². The predicted molar refractivity (Wildman–Crippen MR) is 139 cm³/mol. The van der Waals surface area contributed by atoms with Crippen LogP contribution in [0.1, 0.15) is 22.8 Å². The van der Waals surface area contributed by atoms with Gasteiger partial charge < -0.3 is 9.47 Å². The highest BCUT2D eigenvalue weighted by Gasteiger charge is 2.34. The summed E-state index contributed by atoms with van der Waals surface area (Å²) in [6, 6.07) is 18.8. The van der Waals surface area contributed by atoms with Crippen LogP contribution in [-0.4, -0.2) is 57.5 Å². The summed E-state index contributed by atoms with van der Waals surface area (Å²) < 4.78 is 78.3. The standard InChI is InChI=1S/C27H28ClF3N2O4S/c1-36-24-9-3-6-21(16-24)26(37-19-20-5-2-8-23(28)15-20)18-32-11-13-33(14-12-32)38(34,35)25-10-4-7-22(17-25)27(29,30)31/h2-10,15-17,26H,11-14,18-19H2,1H3. The van der Waals surface area contributed by atoms with E-state index in [9.17, 15) is 21.6 Å². The van der Waals surface area contributed by atoms with Gasteiger partial charge in [0.2, 0.25) is 10.0 Å². The Morgan fingerprint density at radius 3 is 2.34 bits per heavy atom. The molecule has 0 saturated carbocycles. The summed E-state index contributed by atoms with van der Waals surface area (Å²) >= 11 is 6.11. The molecule has 0 radical (unpaired) electrons. The van der Waals surface area contributed by atoms with E-state index in [2.05, 4.69) is 4.90 Å². The maximum atomic E-state index is 13.1. The highest BCUT2D eigenvalue weighted by molar-refractivity contribution is 7.89. The molecule has 204 valence electrons. The van der Waals surface area contributed by atoms with Gasteiger partial charge >= 0.3 is 6.18 Å². The van der Waals surface area contributed by atoms with Crippen molar-refractivity contribution in [3.05, 3.63) is 94.5 Å². The molecule has 11 heteroatoms. The Morgan fingerprint density at radius 2 is 1.66 bits per heavy atom. The first kappa shape index (κ1) is 28.4. The Labute approximate surface area is 225 Å².